The number of nitrogens with zero attached hydrogens (tertiary/aromatic N) is 2. The Labute approximate surface area is 194 Å². The van der Waals surface area contributed by atoms with Crippen molar-refractivity contribution in [2.24, 2.45) is 5.73 Å². The topological polar surface area (TPSA) is 129 Å². The number of likely N-dealkylation sites (tertiary alicyclic amines) is 1. The second-order valence-corrected chi connectivity index (χ2v) is 10.7. The third-order valence-corrected chi connectivity index (χ3v) is 8.60. The number of halogens is 1. The van der Waals surface area contributed by atoms with Gasteiger partial charge in [-0.15, -0.1) is 11.3 Å². The molecule has 1 fully saturated rings. The molecule has 8 nitrogen and oxygen atoms in total. The molecule has 1 aliphatic rings. The van der Waals surface area contributed by atoms with E-state index in [2.05, 4.69) is 9.71 Å². The second-order valence-electron chi connectivity index (χ2n) is 7.32. The van der Waals surface area contributed by atoms with Crippen LogP contribution in [0.25, 0.3) is 10.4 Å². The Bertz CT molecular complexity index is 1280. The zero-order chi connectivity index (χ0) is 22.9. The van der Waals surface area contributed by atoms with Gasteiger partial charge in [-0.25, -0.2) is 8.42 Å². The van der Waals surface area contributed by atoms with Crippen LogP contribution in [0.15, 0.2) is 59.1 Å². The summed E-state index contributed by atoms with van der Waals surface area (Å²) in [6, 6.07) is 11.2. The number of rotatable bonds is 7. The average Bonchev–Trinajstić information content (AvgIpc) is 3.32. The van der Waals surface area contributed by atoms with Crippen LogP contribution >= 0.6 is 22.9 Å². The molecule has 0 spiro atoms. The van der Waals surface area contributed by atoms with Gasteiger partial charge in [0.1, 0.15) is 16.1 Å². The maximum atomic E-state index is 12.9. The van der Waals surface area contributed by atoms with E-state index in [9.17, 15) is 13.2 Å². The molecule has 1 aromatic carbocycles. The molecule has 0 saturated carbocycles. The number of thiophene rings is 1. The SMILES string of the molecule is N=C(N)c1cccc(CN2CC[C@H](NS(=O)(=O)c3cc(Cl)c(-c4cccnc4)s3)C2=O)c1. The Balaban J connectivity index is 1.47. The van der Waals surface area contributed by atoms with Crippen LogP contribution in [0.3, 0.4) is 0 Å². The van der Waals surface area contributed by atoms with Gasteiger partial charge in [-0.3, -0.25) is 15.2 Å². The lowest BCUT2D eigenvalue weighted by Gasteiger charge is -2.17. The number of hydrogen-bond acceptors (Lipinski definition) is 6. The number of amidine groups is 1. The van der Waals surface area contributed by atoms with Gasteiger partial charge >= 0.3 is 0 Å². The average molecular weight is 490 g/mol. The summed E-state index contributed by atoms with van der Waals surface area (Å²) in [7, 11) is -3.93. The molecule has 0 aliphatic carbocycles. The molecule has 2 aromatic heterocycles. The van der Waals surface area contributed by atoms with E-state index < -0.39 is 16.1 Å². The largest absolute Gasteiger partial charge is 0.384 e. The highest BCUT2D eigenvalue weighted by Gasteiger charge is 2.35. The molecule has 1 atom stereocenters. The molecule has 32 heavy (non-hydrogen) atoms. The van der Waals surface area contributed by atoms with Crippen molar-refractivity contribution in [2.75, 3.05) is 6.54 Å². The number of pyridine rings is 1. The van der Waals surface area contributed by atoms with Gasteiger partial charge < -0.3 is 10.6 Å². The Morgan fingerprint density at radius 2 is 2.12 bits per heavy atom. The smallest absolute Gasteiger partial charge is 0.250 e. The summed E-state index contributed by atoms with van der Waals surface area (Å²) in [5, 5.41) is 7.86. The number of hydrogen-bond donors (Lipinski definition) is 3. The minimum absolute atomic E-state index is 0.0433. The van der Waals surface area contributed by atoms with E-state index in [4.69, 9.17) is 22.7 Å². The van der Waals surface area contributed by atoms with Gasteiger partial charge in [0.2, 0.25) is 5.91 Å². The van der Waals surface area contributed by atoms with Gasteiger partial charge in [0, 0.05) is 36.6 Å². The molecule has 0 bridgehead atoms. The van der Waals surface area contributed by atoms with Crippen LogP contribution < -0.4 is 10.5 Å². The van der Waals surface area contributed by atoms with Gasteiger partial charge in [-0.05, 0) is 30.2 Å². The lowest BCUT2D eigenvalue weighted by Crippen LogP contribution is -2.41. The van der Waals surface area contributed by atoms with Crippen LogP contribution in [0.5, 0.6) is 0 Å². The summed E-state index contributed by atoms with van der Waals surface area (Å²) in [4.78, 5) is 19.1. The van der Waals surface area contributed by atoms with Crippen LogP contribution in [0.2, 0.25) is 5.02 Å². The van der Waals surface area contributed by atoms with Gasteiger partial charge in [-0.2, -0.15) is 4.72 Å². The van der Waals surface area contributed by atoms with Crippen molar-refractivity contribution in [3.05, 3.63) is 71.0 Å². The quantitative estimate of drug-likeness (QED) is 0.347. The predicted molar refractivity (Wildman–Crippen MR) is 124 cm³/mol. The molecule has 3 aromatic rings. The summed E-state index contributed by atoms with van der Waals surface area (Å²) in [5.74, 6) is -0.345. The molecule has 1 saturated heterocycles. The van der Waals surface area contributed by atoms with Crippen molar-refractivity contribution < 1.29 is 13.2 Å². The van der Waals surface area contributed by atoms with Crippen molar-refractivity contribution >= 4 is 44.7 Å². The molecular weight excluding hydrogens is 470 g/mol. The molecule has 1 aliphatic heterocycles. The zero-order valence-electron chi connectivity index (χ0n) is 16.8. The summed E-state index contributed by atoms with van der Waals surface area (Å²) < 4.78 is 28.4. The maximum Gasteiger partial charge on any atom is 0.250 e. The summed E-state index contributed by atoms with van der Waals surface area (Å²) >= 11 is 7.30. The van der Waals surface area contributed by atoms with Crippen molar-refractivity contribution in [2.45, 2.75) is 23.2 Å². The second kappa shape index (κ2) is 8.99. The fraction of sp³-hybridized carbons (Fsp3) is 0.190. The number of amides is 1. The highest BCUT2D eigenvalue weighted by Crippen LogP contribution is 2.38. The lowest BCUT2D eigenvalue weighted by molar-refractivity contribution is -0.129. The fourth-order valence-electron chi connectivity index (χ4n) is 3.48. The molecule has 0 radical (unpaired) electrons. The number of nitrogens with two attached hydrogens (primary N) is 1. The van der Waals surface area contributed by atoms with Gasteiger partial charge in [0.25, 0.3) is 10.0 Å². The number of sulfonamides is 1. The third kappa shape index (κ3) is 4.68. The molecule has 4 N–H and O–H groups in total. The highest BCUT2D eigenvalue weighted by atomic mass is 35.5. The highest BCUT2D eigenvalue weighted by molar-refractivity contribution is 7.91. The molecule has 11 heteroatoms. The van der Waals surface area contributed by atoms with Crippen LogP contribution in [0.4, 0.5) is 0 Å². The number of nitrogen functional groups attached to an aromatic ring is 1. The molecule has 4 rings (SSSR count). The van der Waals surface area contributed by atoms with Crippen LogP contribution in [-0.2, 0) is 21.4 Å². The van der Waals surface area contributed by atoms with E-state index in [-0.39, 0.29) is 16.0 Å². The van der Waals surface area contributed by atoms with E-state index in [1.165, 1.54) is 6.07 Å². The predicted octanol–water partition coefficient (Wildman–Crippen LogP) is 2.83. The number of aromatic nitrogens is 1. The molecule has 1 amide bonds. The molecule has 0 unspecified atom stereocenters. The standard InChI is InChI=1S/C21H20ClN5O3S2/c22-16-10-18(31-19(16)15-5-2-7-25-11-15)32(29,30)26-17-6-8-27(21(17)28)12-13-3-1-4-14(9-13)20(23)24/h1-5,7,9-11,17,26H,6,8,12H2,(H3,23,24)/t17-/m0/s1. The van der Waals surface area contributed by atoms with Crippen molar-refractivity contribution in [1.29, 1.82) is 5.41 Å². The van der Waals surface area contributed by atoms with Crippen LogP contribution in [0, 0.1) is 5.41 Å². The summed E-state index contributed by atoms with van der Waals surface area (Å²) in [6.07, 6.45) is 3.60. The number of benzene rings is 1. The summed E-state index contributed by atoms with van der Waals surface area (Å²) in [5.41, 5.74) is 7.65. The number of nitrogens with one attached hydrogen (secondary N) is 2. The summed E-state index contributed by atoms with van der Waals surface area (Å²) in [6.45, 7) is 0.733. The van der Waals surface area contributed by atoms with Crippen molar-refractivity contribution in [3.8, 4) is 10.4 Å². The van der Waals surface area contributed by atoms with E-state index >= 15 is 0 Å². The Morgan fingerprint density at radius 3 is 2.84 bits per heavy atom. The molecule has 166 valence electrons. The Hall–Kier alpha value is -2.79. The van der Waals surface area contributed by atoms with Gasteiger partial charge in [-0.1, -0.05) is 35.9 Å². The fourth-order valence-corrected chi connectivity index (χ4v) is 6.53. The minimum atomic E-state index is -3.93. The zero-order valence-corrected chi connectivity index (χ0v) is 19.2. The van der Waals surface area contributed by atoms with Crippen molar-refractivity contribution in [3.63, 3.8) is 0 Å². The van der Waals surface area contributed by atoms with Crippen LogP contribution in [0.1, 0.15) is 17.5 Å². The first kappa shape index (κ1) is 22.4. The molecule has 3 heterocycles. The lowest BCUT2D eigenvalue weighted by atomic mass is 10.1. The van der Waals surface area contributed by atoms with Gasteiger partial charge in [0.05, 0.1) is 9.90 Å². The van der Waals surface area contributed by atoms with E-state index in [1.807, 2.05) is 6.07 Å². The van der Waals surface area contributed by atoms with E-state index in [0.717, 1.165) is 22.5 Å². The van der Waals surface area contributed by atoms with Gasteiger partial charge in [0.15, 0.2) is 0 Å². The third-order valence-electron chi connectivity index (χ3n) is 5.06. The number of carbonyl (C=O) groups is 1. The minimum Gasteiger partial charge on any atom is -0.384 e. The first-order valence-electron chi connectivity index (χ1n) is 9.69. The normalized spacial score (nSPS) is 16.5. The monoisotopic (exact) mass is 489 g/mol. The molecular formula is C21H20ClN5O3S2. The van der Waals surface area contributed by atoms with Crippen LogP contribution in [-0.4, -0.2) is 42.6 Å². The number of carbonyl (C=O) groups excluding carboxylic acids is 1. The Kier molecular flexibility index (Phi) is 6.29. The van der Waals surface area contributed by atoms with Crippen molar-refractivity contribution in [1.82, 2.24) is 14.6 Å². The first-order valence-corrected chi connectivity index (χ1v) is 12.4. The maximum absolute atomic E-state index is 12.9. The first-order chi connectivity index (χ1) is 15.2. The van der Waals surface area contributed by atoms with E-state index in [0.29, 0.717) is 35.0 Å². The van der Waals surface area contributed by atoms with E-state index in [1.54, 1.807) is 47.6 Å². The Morgan fingerprint density at radius 1 is 1.31 bits per heavy atom.